The summed E-state index contributed by atoms with van der Waals surface area (Å²) in [6.07, 6.45) is 5.37. The standard InChI is InChI=1S/C16H24ClNO2S/c1-12-9-13(2)16(10-14(12)11-17)21(19,20)18(3)15-7-5-4-6-8-15/h9-10,15H,4-8,11H2,1-3H3. The molecule has 0 spiro atoms. The molecule has 0 aliphatic heterocycles. The maximum Gasteiger partial charge on any atom is 0.243 e. The van der Waals surface area contributed by atoms with Gasteiger partial charge in [-0.05, 0) is 49.4 Å². The van der Waals surface area contributed by atoms with Crippen molar-refractivity contribution in [2.45, 2.75) is 62.8 Å². The Morgan fingerprint density at radius 2 is 1.76 bits per heavy atom. The minimum atomic E-state index is -3.44. The SMILES string of the molecule is Cc1cc(C)c(S(=O)(=O)N(C)C2CCCCC2)cc1CCl. The summed E-state index contributed by atoms with van der Waals surface area (Å²) in [5.41, 5.74) is 2.73. The van der Waals surface area contributed by atoms with E-state index in [0.29, 0.717) is 10.8 Å². The maximum atomic E-state index is 12.9. The van der Waals surface area contributed by atoms with Gasteiger partial charge in [0, 0.05) is 19.0 Å². The number of benzene rings is 1. The smallest absolute Gasteiger partial charge is 0.207 e. The van der Waals surface area contributed by atoms with Crippen LogP contribution in [0.4, 0.5) is 0 Å². The monoisotopic (exact) mass is 329 g/mol. The van der Waals surface area contributed by atoms with Crippen molar-refractivity contribution in [3.8, 4) is 0 Å². The summed E-state index contributed by atoms with van der Waals surface area (Å²) in [5.74, 6) is 0.335. The second kappa shape index (κ2) is 6.67. The first-order chi connectivity index (χ1) is 9.87. The van der Waals surface area contributed by atoms with Crippen molar-refractivity contribution in [2.24, 2.45) is 0 Å². The number of nitrogens with zero attached hydrogens (tertiary/aromatic N) is 1. The number of sulfonamides is 1. The van der Waals surface area contributed by atoms with E-state index in [0.717, 1.165) is 42.4 Å². The molecule has 1 aromatic carbocycles. The average molecular weight is 330 g/mol. The summed E-state index contributed by atoms with van der Waals surface area (Å²) in [6, 6.07) is 3.79. The van der Waals surface area contributed by atoms with Crippen LogP contribution in [0.2, 0.25) is 0 Å². The Morgan fingerprint density at radius 3 is 2.33 bits per heavy atom. The number of rotatable bonds is 4. The van der Waals surface area contributed by atoms with Gasteiger partial charge in [-0.25, -0.2) is 8.42 Å². The van der Waals surface area contributed by atoms with Crippen LogP contribution in [0.1, 0.15) is 48.8 Å². The molecule has 21 heavy (non-hydrogen) atoms. The zero-order valence-electron chi connectivity index (χ0n) is 13.0. The highest BCUT2D eigenvalue weighted by atomic mass is 35.5. The van der Waals surface area contributed by atoms with Gasteiger partial charge in [0.15, 0.2) is 0 Å². The fourth-order valence-electron chi connectivity index (χ4n) is 3.09. The summed E-state index contributed by atoms with van der Waals surface area (Å²) >= 11 is 5.93. The van der Waals surface area contributed by atoms with Crippen molar-refractivity contribution >= 4 is 21.6 Å². The first-order valence-electron chi connectivity index (χ1n) is 7.52. The predicted molar refractivity (Wildman–Crippen MR) is 87.3 cm³/mol. The Bertz CT molecular complexity index is 607. The van der Waals surface area contributed by atoms with E-state index in [1.54, 1.807) is 17.4 Å². The highest BCUT2D eigenvalue weighted by Crippen LogP contribution is 2.29. The van der Waals surface area contributed by atoms with Gasteiger partial charge in [-0.1, -0.05) is 25.3 Å². The van der Waals surface area contributed by atoms with Gasteiger partial charge in [0.2, 0.25) is 10.0 Å². The van der Waals surface area contributed by atoms with Gasteiger partial charge >= 0.3 is 0 Å². The molecule has 2 rings (SSSR count). The molecule has 0 saturated heterocycles. The van der Waals surface area contributed by atoms with Gasteiger partial charge in [-0.2, -0.15) is 4.31 Å². The molecule has 1 aromatic rings. The largest absolute Gasteiger partial charge is 0.243 e. The second-order valence-electron chi connectivity index (χ2n) is 5.99. The van der Waals surface area contributed by atoms with E-state index in [2.05, 4.69) is 0 Å². The molecule has 0 heterocycles. The number of aryl methyl sites for hydroxylation is 2. The molecule has 1 fully saturated rings. The molecule has 0 radical (unpaired) electrons. The topological polar surface area (TPSA) is 37.4 Å². The van der Waals surface area contributed by atoms with Gasteiger partial charge in [0.25, 0.3) is 0 Å². The van der Waals surface area contributed by atoms with E-state index < -0.39 is 10.0 Å². The number of hydrogen-bond donors (Lipinski definition) is 0. The number of hydrogen-bond acceptors (Lipinski definition) is 2. The van der Waals surface area contributed by atoms with Crippen molar-refractivity contribution in [3.63, 3.8) is 0 Å². The van der Waals surface area contributed by atoms with Gasteiger partial charge in [-0.3, -0.25) is 0 Å². The van der Waals surface area contributed by atoms with Crippen molar-refractivity contribution in [1.29, 1.82) is 0 Å². The molecule has 1 aliphatic rings. The molecule has 118 valence electrons. The van der Waals surface area contributed by atoms with Crippen molar-refractivity contribution in [2.75, 3.05) is 7.05 Å². The Kier molecular flexibility index (Phi) is 5.33. The summed E-state index contributed by atoms with van der Waals surface area (Å²) in [6.45, 7) is 3.82. The third-order valence-electron chi connectivity index (χ3n) is 4.52. The van der Waals surface area contributed by atoms with Crippen LogP contribution in [0.15, 0.2) is 17.0 Å². The van der Waals surface area contributed by atoms with Crippen molar-refractivity contribution in [1.82, 2.24) is 4.31 Å². The molecular formula is C16H24ClNO2S. The molecule has 5 heteroatoms. The van der Waals surface area contributed by atoms with Crippen molar-refractivity contribution in [3.05, 3.63) is 28.8 Å². The molecule has 1 saturated carbocycles. The molecule has 0 aromatic heterocycles. The number of alkyl halides is 1. The molecule has 0 atom stereocenters. The molecule has 1 aliphatic carbocycles. The van der Waals surface area contributed by atoms with E-state index in [4.69, 9.17) is 11.6 Å². The fraction of sp³-hybridized carbons (Fsp3) is 0.625. The van der Waals surface area contributed by atoms with Crippen LogP contribution in [0.5, 0.6) is 0 Å². The van der Waals surface area contributed by atoms with Crippen LogP contribution >= 0.6 is 11.6 Å². The van der Waals surface area contributed by atoms with Crippen LogP contribution in [-0.2, 0) is 15.9 Å². The maximum absolute atomic E-state index is 12.9. The van der Waals surface area contributed by atoms with E-state index in [1.165, 1.54) is 6.42 Å². The van der Waals surface area contributed by atoms with Crippen LogP contribution in [-0.4, -0.2) is 25.8 Å². The molecule has 0 unspecified atom stereocenters. The summed E-state index contributed by atoms with van der Waals surface area (Å²) in [7, 11) is -1.73. The van der Waals surface area contributed by atoms with E-state index in [-0.39, 0.29) is 6.04 Å². The lowest BCUT2D eigenvalue weighted by Crippen LogP contribution is -2.38. The molecular weight excluding hydrogens is 306 g/mol. The molecule has 3 nitrogen and oxygen atoms in total. The fourth-order valence-corrected chi connectivity index (χ4v) is 5.05. The third-order valence-corrected chi connectivity index (χ3v) is 6.86. The highest BCUT2D eigenvalue weighted by molar-refractivity contribution is 7.89. The normalized spacial score (nSPS) is 17.4. The van der Waals surface area contributed by atoms with Crippen LogP contribution < -0.4 is 0 Å². The lowest BCUT2D eigenvalue weighted by molar-refractivity contribution is 0.285. The lowest BCUT2D eigenvalue weighted by atomic mass is 9.96. The third kappa shape index (κ3) is 3.43. The quantitative estimate of drug-likeness (QED) is 0.783. The summed E-state index contributed by atoms with van der Waals surface area (Å²) in [5, 5.41) is 0. The van der Waals surface area contributed by atoms with Crippen LogP contribution in [0.3, 0.4) is 0 Å². The highest BCUT2D eigenvalue weighted by Gasteiger charge is 2.30. The Balaban J connectivity index is 2.38. The first-order valence-corrected chi connectivity index (χ1v) is 9.49. The van der Waals surface area contributed by atoms with Crippen LogP contribution in [0, 0.1) is 13.8 Å². The van der Waals surface area contributed by atoms with Gasteiger partial charge < -0.3 is 0 Å². The van der Waals surface area contributed by atoms with Crippen molar-refractivity contribution < 1.29 is 8.42 Å². The van der Waals surface area contributed by atoms with E-state index in [1.807, 2.05) is 19.9 Å². The van der Waals surface area contributed by atoms with Gasteiger partial charge in [-0.15, -0.1) is 11.6 Å². The summed E-state index contributed by atoms with van der Waals surface area (Å²) < 4.78 is 27.4. The zero-order valence-corrected chi connectivity index (χ0v) is 14.6. The Morgan fingerprint density at radius 1 is 1.14 bits per heavy atom. The zero-order chi connectivity index (χ0) is 15.6. The molecule has 0 bridgehead atoms. The Labute approximate surface area is 133 Å². The average Bonchev–Trinajstić information content (AvgIpc) is 2.47. The molecule has 0 N–H and O–H groups in total. The van der Waals surface area contributed by atoms with Crippen LogP contribution in [0.25, 0.3) is 0 Å². The van der Waals surface area contributed by atoms with E-state index in [9.17, 15) is 8.42 Å². The Hall–Kier alpha value is -0.580. The van der Waals surface area contributed by atoms with Gasteiger partial charge in [0.1, 0.15) is 0 Å². The van der Waals surface area contributed by atoms with Gasteiger partial charge in [0.05, 0.1) is 4.90 Å². The lowest BCUT2D eigenvalue weighted by Gasteiger charge is -2.31. The second-order valence-corrected chi connectivity index (χ2v) is 8.22. The number of halogens is 1. The first kappa shape index (κ1) is 16.8. The van der Waals surface area contributed by atoms with E-state index >= 15 is 0 Å². The minimum Gasteiger partial charge on any atom is -0.207 e. The predicted octanol–water partition coefficient (Wildman–Crippen LogP) is 4.00. The minimum absolute atomic E-state index is 0.129. The summed E-state index contributed by atoms with van der Waals surface area (Å²) in [4.78, 5) is 0.400. The molecule has 0 amide bonds.